The van der Waals surface area contributed by atoms with Crippen LogP contribution in [0, 0.1) is 0 Å². The van der Waals surface area contributed by atoms with E-state index in [0.29, 0.717) is 12.5 Å². The van der Waals surface area contributed by atoms with E-state index >= 15 is 0 Å². The van der Waals surface area contributed by atoms with E-state index in [2.05, 4.69) is 15.6 Å². The number of rotatable bonds is 3. The summed E-state index contributed by atoms with van der Waals surface area (Å²) in [7, 11) is 1.65. The normalized spacial score (nSPS) is 19.6. The van der Waals surface area contributed by atoms with Crippen molar-refractivity contribution in [3.63, 3.8) is 0 Å². The second-order valence-corrected chi connectivity index (χ2v) is 4.86. The molecule has 1 unspecified atom stereocenters. The molecule has 2 aromatic carbocycles. The van der Waals surface area contributed by atoms with Gasteiger partial charge in [0.25, 0.3) is 5.91 Å². The molecule has 1 amide bonds. The van der Waals surface area contributed by atoms with Gasteiger partial charge < -0.3 is 10.1 Å². The van der Waals surface area contributed by atoms with Crippen LogP contribution in [0.3, 0.4) is 0 Å². The average Bonchev–Trinajstić information content (AvgIpc) is 2.87. The second-order valence-electron chi connectivity index (χ2n) is 4.86. The summed E-state index contributed by atoms with van der Waals surface area (Å²) in [6, 6.07) is 11.5. The van der Waals surface area contributed by atoms with Crippen LogP contribution in [0.1, 0.15) is 18.5 Å². The molecule has 21 heavy (non-hydrogen) atoms. The fourth-order valence-electron chi connectivity index (χ4n) is 2.45. The molecule has 0 saturated carbocycles. The van der Waals surface area contributed by atoms with Gasteiger partial charge in [0.05, 0.1) is 7.11 Å². The summed E-state index contributed by atoms with van der Waals surface area (Å²) in [6.45, 7) is 2.56. The van der Waals surface area contributed by atoms with Crippen LogP contribution in [0.5, 0.6) is 5.75 Å². The quantitative estimate of drug-likeness (QED) is 0.905. The van der Waals surface area contributed by atoms with Crippen molar-refractivity contribution in [1.82, 2.24) is 10.6 Å². The van der Waals surface area contributed by atoms with E-state index in [-0.39, 0.29) is 11.9 Å². The number of aliphatic imine (C=N–C) groups is 1. The number of nitrogens with one attached hydrogen (secondary N) is 2. The van der Waals surface area contributed by atoms with Crippen LogP contribution in [0.15, 0.2) is 41.4 Å². The van der Waals surface area contributed by atoms with Crippen molar-refractivity contribution < 1.29 is 9.53 Å². The highest BCUT2D eigenvalue weighted by Crippen LogP contribution is 2.25. The molecule has 1 aliphatic heterocycles. The third-order valence-corrected chi connectivity index (χ3v) is 3.51. The summed E-state index contributed by atoms with van der Waals surface area (Å²) < 4.78 is 5.22. The van der Waals surface area contributed by atoms with E-state index in [1.165, 1.54) is 0 Å². The highest BCUT2D eigenvalue weighted by molar-refractivity contribution is 6.07. The first-order valence-electron chi connectivity index (χ1n) is 6.91. The number of guanidine groups is 1. The van der Waals surface area contributed by atoms with Crippen molar-refractivity contribution in [3.05, 3.63) is 42.0 Å². The Morgan fingerprint density at radius 3 is 2.71 bits per heavy atom. The van der Waals surface area contributed by atoms with E-state index in [1.807, 2.05) is 43.3 Å². The van der Waals surface area contributed by atoms with Crippen LogP contribution in [0.4, 0.5) is 0 Å². The Hall–Kier alpha value is -2.56. The first-order valence-corrected chi connectivity index (χ1v) is 6.91. The lowest BCUT2D eigenvalue weighted by molar-refractivity contribution is -0.120. The minimum Gasteiger partial charge on any atom is -0.497 e. The van der Waals surface area contributed by atoms with E-state index in [4.69, 9.17) is 4.74 Å². The van der Waals surface area contributed by atoms with Crippen LogP contribution in [0.2, 0.25) is 0 Å². The molecule has 108 valence electrons. The number of ether oxygens (including phenoxy) is 1. The number of amides is 1. The van der Waals surface area contributed by atoms with Gasteiger partial charge in [-0.15, -0.1) is 0 Å². The molecule has 0 spiro atoms. The predicted octanol–water partition coefficient (Wildman–Crippen LogP) is 1.98. The number of benzene rings is 2. The largest absolute Gasteiger partial charge is 0.497 e. The Morgan fingerprint density at radius 1 is 1.19 bits per heavy atom. The van der Waals surface area contributed by atoms with Gasteiger partial charge in [-0.05, 0) is 41.5 Å². The first-order chi connectivity index (χ1) is 10.2. The van der Waals surface area contributed by atoms with Gasteiger partial charge in [-0.25, -0.2) is 0 Å². The van der Waals surface area contributed by atoms with Crippen molar-refractivity contribution in [2.75, 3.05) is 13.7 Å². The second kappa shape index (κ2) is 5.44. The van der Waals surface area contributed by atoms with Crippen LogP contribution < -0.4 is 15.4 Å². The van der Waals surface area contributed by atoms with Gasteiger partial charge in [-0.3, -0.25) is 15.1 Å². The van der Waals surface area contributed by atoms with Crippen LogP contribution >= 0.6 is 0 Å². The van der Waals surface area contributed by atoms with Crippen molar-refractivity contribution in [2.24, 2.45) is 4.99 Å². The number of fused-ring (bicyclic) bond motifs is 1. The maximum absolute atomic E-state index is 12.0. The molecule has 1 saturated heterocycles. The van der Waals surface area contributed by atoms with E-state index in [9.17, 15) is 4.79 Å². The molecule has 1 heterocycles. The SMILES string of the molecule is CCN=C1NC(=O)C(c2ccc3cc(OC)ccc3c2)N1. The first kappa shape index (κ1) is 13.4. The Balaban J connectivity index is 1.94. The Morgan fingerprint density at radius 2 is 1.95 bits per heavy atom. The lowest BCUT2D eigenvalue weighted by atomic mass is 10.0. The molecule has 5 heteroatoms. The summed E-state index contributed by atoms with van der Waals surface area (Å²) in [6.07, 6.45) is 0. The van der Waals surface area contributed by atoms with E-state index < -0.39 is 0 Å². The fourth-order valence-corrected chi connectivity index (χ4v) is 2.45. The van der Waals surface area contributed by atoms with Gasteiger partial charge in [-0.1, -0.05) is 18.2 Å². The van der Waals surface area contributed by atoms with Crippen LogP contribution in [-0.4, -0.2) is 25.5 Å². The van der Waals surface area contributed by atoms with Crippen molar-refractivity contribution in [1.29, 1.82) is 0 Å². The number of hydrogen-bond acceptors (Lipinski definition) is 3. The zero-order chi connectivity index (χ0) is 14.8. The standard InChI is InChI=1S/C16H17N3O2/c1-3-17-16-18-14(15(20)19-16)12-5-4-11-9-13(21-2)7-6-10(11)8-12/h4-9,14H,3H2,1-2H3,(H2,17,18,19,20). The number of methoxy groups -OCH3 is 1. The highest BCUT2D eigenvalue weighted by atomic mass is 16.5. The minimum atomic E-state index is -0.387. The average molecular weight is 283 g/mol. The summed E-state index contributed by atoms with van der Waals surface area (Å²) in [5, 5.41) is 8.01. The zero-order valence-corrected chi connectivity index (χ0v) is 12.0. The molecule has 2 N–H and O–H groups in total. The molecular weight excluding hydrogens is 266 g/mol. The molecule has 0 aromatic heterocycles. The minimum absolute atomic E-state index is 0.0740. The molecular formula is C16H17N3O2. The third-order valence-electron chi connectivity index (χ3n) is 3.51. The molecule has 0 aliphatic carbocycles. The highest BCUT2D eigenvalue weighted by Gasteiger charge is 2.29. The van der Waals surface area contributed by atoms with Gasteiger partial charge in [0, 0.05) is 6.54 Å². The van der Waals surface area contributed by atoms with Crippen molar-refractivity contribution in [3.8, 4) is 5.75 Å². The fraction of sp³-hybridized carbons (Fsp3) is 0.250. The molecule has 5 nitrogen and oxygen atoms in total. The molecule has 1 fully saturated rings. The van der Waals surface area contributed by atoms with Gasteiger partial charge in [0.1, 0.15) is 11.8 Å². The van der Waals surface area contributed by atoms with Gasteiger partial charge in [0.15, 0.2) is 5.96 Å². The zero-order valence-electron chi connectivity index (χ0n) is 12.0. The van der Waals surface area contributed by atoms with Gasteiger partial charge in [-0.2, -0.15) is 0 Å². The Labute approximate surface area is 123 Å². The van der Waals surface area contributed by atoms with Gasteiger partial charge in [0.2, 0.25) is 0 Å². The maximum Gasteiger partial charge on any atom is 0.253 e. The molecule has 2 aromatic rings. The maximum atomic E-state index is 12.0. The molecule has 0 radical (unpaired) electrons. The predicted molar refractivity (Wildman–Crippen MR) is 82.5 cm³/mol. The lowest BCUT2D eigenvalue weighted by Gasteiger charge is -2.10. The monoisotopic (exact) mass is 283 g/mol. The summed E-state index contributed by atoms with van der Waals surface area (Å²) in [4.78, 5) is 16.2. The van der Waals surface area contributed by atoms with Crippen molar-refractivity contribution in [2.45, 2.75) is 13.0 Å². The van der Waals surface area contributed by atoms with Gasteiger partial charge >= 0.3 is 0 Å². The summed E-state index contributed by atoms with van der Waals surface area (Å²) in [5.41, 5.74) is 0.923. The Bertz CT molecular complexity index is 725. The van der Waals surface area contributed by atoms with Crippen LogP contribution in [0.25, 0.3) is 10.8 Å². The van der Waals surface area contributed by atoms with Crippen LogP contribution in [-0.2, 0) is 4.79 Å². The summed E-state index contributed by atoms with van der Waals surface area (Å²) >= 11 is 0. The number of nitrogens with zero attached hydrogens (tertiary/aromatic N) is 1. The number of carbonyl (C=O) groups is 1. The van der Waals surface area contributed by atoms with E-state index in [0.717, 1.165) is 22.1 Å². The lowest BCUT2D eigenvalue weighted by Crippen LogP contribution is -2.25. The van der Waals surface area contributed by atoms with Crippen molar-refractivity contribution >= 4 is 22.6 Å². The molecule has 3 rings (SSSR count). The molecule has 1 atom stereocenters. The number of hydrogen-bond donors (Lipinski definition) is 2. The summed E-state index contributed by atoms with van der Waals surface area (Å²) in [5.74, 6) is 1.29. The molecule has 1 aliphatic rings. The third kappa shape index (κ3) is 2.54. The number of carbonyl (C=O) groups excluding carboxylic acids is 1. The van der Waals surface area contributed by atoms with E-state index in [1.54, 1.807) is 7.11 Å². The molecule has 0 bridgehead atoms. The topological polar surface area (TPSA) is 62.7 Å². The smallest absolute Gasteiger partial charge is 0.253 e. The Kier molecular flexibility index (Phi) is 3.48.